The van der Waals surface area contributed by atoms with Gasteiger partial charge in [0.1, 0.15) is 0 Å². The van der Waals surface area contributed by atoms with Crippen LogP contribution in [0.2, 0.25) is 0 Å². The highest BCUT2D eigenvalue weighted by molar-refractivity contribution is 7.92. The Balaban J connectivity index is 2.65. The van der Waals surface area contributed by atoms with Crippen molar-refractivity contribution in [1.29, 1.82) is 0 Å². The summed E-state index contributed by atoms with van der Waals surface area (Å²) in [6.45, 7) is 10.7. The molecule has 114 valence electrons. The van der Waals surface area contributed by atoms with Gasteiger partial charge in [-0.3, -0.25) is 0 Å². The normalized spacial score (nSPS) is 20.1. The lowest BCUT2D eigenvalue weighted by Gasteiger charge is -2.31. The van der Waals surface area contributed by atoms with Crippen LogP contribution in [-0.4, -0.2) is 31.5 Å². The molecule has 4 heteroatoms. The molecule has 0 saturated heterocycles. The van der Waals surface area contributed by atoms with E-state index in [4.69, 9.17) is 0 Å². The summed E-state index contributed by atoms with van der Waals surface area (Å²) < 4.78 is 23.9. The Labute approximate surface area is 119 Å². The largest absolute Gasteiger partial charge is 0.314 e. The van der Waals surface area contributed by atoms with Gasteiger partial charge in [-0.2, -0.15) is 0 Å². The molecule has 1 aliphatic rings. The fourth-order valence-electron chi connectivity index (χ4n) is 2.72. The zero-order valence-electron chi connectivity index (χ0n) is 13.3. The maximum absolute atomic E-state index is 12.3. The van der Waals surface area contributed by atoms with Crippen LogP contribution in [0.4, 0.5) is 0 Å². The minimum absolute atomic E-state index is 0.211. The Bertz CT molecular complexity index is 373. The van der Waals surface area contributed by atoms with Crippen LogP contribution in [0.5, 0.6) is 0 Å². The second-order valence-corrected chi connectivity index (χ2v) is 10.3. The summed E-state index contributed by atoms with van der Waals surface area (Å²) in [5, 5.41) is 3.51. The van der Waals surface area contributed by atoms with Crippen molar-refractivity contribution in [2.24, 2.45) is 5.41 Å². The molecule has 0 aromatic rings. The molecule has 0 aromatic heterocycles. The minimum Gasteiger partial charge on any atom is -0.314 e. The van der Waals surface area contributed by atoms with Gasteiger partial charge in [0, 0.05) is 12.6 Å². The van der Waals surface area contributed by atoms with Gasteiger partial charge in [-0.25, -0.2) is 8.42 Å². The molecule has 0 bridgehead atoms. The van der Waals surface area contributed by atoms with E-state index in [-0.39, 0.29) is 5.41 Å². The number of sulfone groups is 1. The minimum atomic E-state index is -2.99. The van der Waals surface area contributed by atoms with E-state index in [2.05, 4.69) is 19.2 Å². The quantitative estimate of drug-likeness (QED) is 0.817. The van der Waals surface area contributed by atoms with Crippen LogP contribution in [0.1, 0.15) is 66.7 Å². The first-order valence-electron chi connectivity index (χ1n) is 7.54. The molecule has 1 saturated carbocycles. The smallest absolute Gasteiger partial charge is 0.155 e. The van der Waals surface area contributed by atoms with Crippen molar-refractivity contribution in [2.75, 3.05) is 12.3 Å². The van der Waals surface area contributed by atoms with E-state index in [0.29, 0.717) is 11.8 Å². The third-order valence-corrected chi connectivity index (χ3v) is 6.99. The highest BCUT2D eigenvalue weighted by atomic mass is 32.2. The second-order valence-electron chi connectivity index (χ2n) is 7.42. The Hall–Kier alpha value is -0.0900. The summed E-state index contributed by atoms with van der Waals surface area (Å²) in [7, 11) is -2.99. The monoisotopic (exact) mass is 289 g/mol. The van der Waals surface area contributed by atoms with Crippen LogP contribution in [0.3, 0.4) is 0 Å². The Kier molecular flexibility index (Phi) is 5.47. The van der Waals surface area contributed by atoms with Crippen molar-refractivity contribution >= 4 is 9.84 Å². The summed E-state index contributed by atoms with van der Waals surface area (Å²) in [6.07, 6.45) is 5.65. The van der Waals surface area contributed by atoms with Gasteiger partial charge in [0.2, 0.25) is 0 Å². The van der Waals surface area contributed by atoms with Gasteiger partial charge >= 0.3 is 0 Å². The topological polar surface area (TPSA) is 46.2 Å². The zero-order chi connectivity index (χ0) is 14.7. The molecule has 0 aromatic carbocycles. The molecular weight excluding hydrogens is 258 g/mol. The first-order chi connectivity index (χ1) is 8.58. The third kappa shape index (κ3) is 4.75. The van der Waals surface area contributed by atoms with Gasteiger partial charge in [-0.05, 0) is 45.4 Å². The summed E-state index contributed by atoms with van der Waals surface area (Å²) in [4.78, 5) is 0. The summed E-state index contributed by atoms with van der Waals surface area (Å²) in [5.41, 5.74) is 0.211. The van der Waals surface area contributed by atoms with Gasteiger partial charge in [0.05, 0.1) is 10.5 Å². The number of nitrogens with one attached hydrogen (secondary N) is 1. The van der Waals surface area contributed by atoms with Gasteiger partial charge in [0.15, 0.2) is 9.84 Å². The molecule has 1 aliphatic carbocycles. The second kappa shape index (κ2) is 6.13. The molecule has 1 N–H and O–H groups in total. The lowest BCUT2D eigenvalue weighted by atomic mass is 9.83. The van der Waals surface area contributed by atoms with E-state index in [1.54, 1.807) is 20.8 Å². The fraction of sp³-hybridized carbons (Fsp3) is 1.00. The van der Waals surface area contributed by atoms with E-state index in [9.17, 15) is 8.42 Å². The first-order valence-corrected chi connectivity index (χ1v) is 9.19. The highest BCUT2D eigenvalue weighted by Gasteiger charge is 2.37. The van der Waals surface area contributed by atoms with Crippen molar-refractivity contribution in [3.8, 4) is 0 Å². The van der Waals surface area contributed by atoms with E-state index in [0.717, 1.165) is 13.0 Å². The fourth-order valence-corrected chi connectivity index (χ4v) is 4.03. The van der Waals surface area contributed by atoms with Crippen molar-refractivity contribution in [3.63, 3.8) is 0 Å². The van der Waals surface area contributed by atoms with Gasteiger partial charge < -0.3 is 5.32 Å². The summed E-state index contributed by atoms with van der Waals surface area (Å²) >= 11 is 0. The van der Waals surface area contributed by atoms with Crippen molar-refractivity contribution in [2.45, 2.75) is 77.5 Å². The van der Waals surface area contributed by atoms with Crippen LogP contribution in [0, 0.1) is 5.41 Å². The van der Waals surface area contributed by atoms with Gasteiger partial charge in [-0.15, -0.1) is 0 Å². The van der Waals surface area contributed by atoms with Crippen LogP contribution >= 0.6 is 0 Å². The lowest BCUT2D eigenvalue weighted by Crippen LogP contribution is -2.39. The number of hydrogen-bond donors (Lipinski definition) is 1. The Morgan fingerprint density at radius 3 is 2.11 bits per heavy atom. The van der Waals surface area contributed by atoms with E-state index in [1.807, 2.05) is 0 Å². The van der Waals surface area contributed by atoms with Crippen molar-refractivity contribution in [3.05, 3.63) is 0 Å². The molecule has 0 spiro atoms. The lowest BCUT2D eigenvalue weighted by molar-refractivity contribution is 0.261. The van der Waals surface area contributed by atoms with E-state index in [1.165, 1.54) is 25.7 Å². The maximum atomic E-state index is 12.3. The van der Waals surface area contributed by atoms with Crippen molar-refractivity contribution in [1.82, 2.24) is 5.32 Å². The van der Waals surface area contributed by atoms with Crippen LogP contribution in [-0.2, 0) is 9.84 Å². The van der Waals surface area contributed by atoms with Gasteiger partial charge in [-0.1, -0.05) is 26.7 Å². The molecule has 1 fully saturated rings. The predicted molar refractivity (Wildman–Crippen MR) is 82.2 cm³/mol. The number of rotatable bonds is 6. The van der Waals surface area contributed by atoms with Crippen molar-refractivity contribution < 1.29 is 8.42 Å². The number of hydrogen-bond acceptors (Lipinski definition) is 3. The highest BCUT2D eigenvalue weighted by Crippen LogP contribution is 2.41. The van der Waals surface area contributed by atoms with Crippen LogP contribution < -0.4 is 5.32 Å². The molecule has 0 heterocycles. The average Bonchev–Trinajstić information content (AvgIpc) is 2.72. The SMILES string of the molecule is CC(C)NCC1(CCS(=O)(=O)C(C)(C)C)CCCC1. The average molecular weight is 289 g/mol. The zero-order valence-corrected chi connectivity index (χ0v) is 14.1. The molecule has 3 nitrogen and oxygen atoms in total. The standard InChI is InChI=1S/C15H31NO2S/c1-13(2)16-12-15(8-6-7-9-15)10-11-19(17,18)14(3,4)5/h13,16H,6-12H2,1-5H3. The molecule has 0 unspecified atom stereocenters. The van der Waals surface area contributed by atoms with E-state index >= 15 is 0 Å². The Morgan fingerprint density at radius 2 is 1.68 bits per heavy atom. The molecule has 1 rings (SSSR count). The summed E-state index contributed by atoms with van der Waals surface area (Å²) in [5.74, 6) is 0.330. The summed E-state index contributed by atoms with van der Waals surface area (Å²) in [6, 6.07) is 0.469. The Morgan fingerprint density at radius 1 is 1.16 bits per heavy atom. The molecule has 0 aliphatic heterocycles. The molecule has 0 amide bonds. The third-order valence-electron chi connectivity index (χ3n) is 4.38. The van der Waals surface area contributed by atoms with Crippen LogP contribution in [0.25, 0.3) is 0 Å². The molecule has 0 radical (unpaired) electrons. The van der Waals surface area contributed by atoms with Crippen LogP contribution in [0.15, 0.2) is 0 Å². The molecule has 19 heavy (non-hydrogen) atoms. The first kappa shape index (κ1) is 17.0. The molecular formula is C15H31NO2S. The molecule has 0 atom stereocenters. The van der Waals surface area contributed by atoms with Gasteiger partial charge in [0.25, 0.3) is 0 Å². The maximum Gasteiger partial charge on any atom is 0.155 e. The predicted octanol–water partition coefficient (Wildman–Crippen LogP) is 3.15. The van der Waals surface area contributed by atoms with E-state index < -0.39 is 14.6 Å².